The van der Waals surface area contributed by atoms with Gasteiger partial charge in [-0.3, -0.25) is 0 Å². The molecule has 3 rings (SSSR count). The number of halogens is 1. The molecule has 0 radical (unpaired) electrons. The molecule has 1 aromatic heterocycles. The molecule has 21 heavy (non-hydrogen) atoms. The molecule has 0 atom stereocenters. The number of benzene rings is 2. The van der Waals surface area contributed by atoms with Crippen LogP contribution in [0.5, 0.6) is 0 Å². The highest BCUT2D eigenvalue weighted by molar-refractivity contribution is 7.20. The van der Waals surface area contributed by atoms with E-state index in [4.69, 9.17) is 22.1 Å². The molecule has 0 unspecified atom stereocenters. The molecule has 2 N–H and O–H groups in total. The molecule has 3 aromatic rings. The Morgan fingerprint density at radius 1 is 1.19 bits per heavy atom. The van der Waals surface area contributed by atoms with Crippen molar-refractivity contribution < 1.29 is 9.53 Å². The van der Waals surface area contributed by atoms with Crippen LogP contribution >= 0.6 is 22.9 Å². The third-order valence-electron chi connectivity index (χ3n) is 3.00. The molecule has 0 aliphatic rings. The van der Waals surface area contributed by atoms with Gasteiger partial charge in [-0.25, -0.2) is 4.79 Å². The second-order valence-electron chi connectivity index (χ2n) is 4.61. The molecule has 5 heteroatoms. The summed E-state index contributed by atoms with van der Waals surface area (Å²) in [5, 5.41) is 1.58. The second-order valence-corrected chi connectivity index (χ2v) is 6.13. The SMILES string of the molecule is Nc1ccc2sc(C(=O)OCc3cccc(Cl)c3)cc2c1. The summed E-state index contributed by atoms with van der Waals surface area (Å²) in [6.45, 7) is 0.204. The zero-order chi connectivity index (χ0) is 14.8. The van der Waals surface area contributed by atoms with Crippen LogP contribution < -0.4 is 5.73 Å². The van der Waals surface area contributed by atoms with Crippen molar-refractivity contribution in [2.75, 3.05) is 5.73 Å². The lowest BCUT2D eigenvalue weighted by Crippen LogP contribution is -2.02. The number of nitrogen functional groups attached to an aromatic ring is 1. The Labute approximate surface area is 130 Å². The average molecular weight is 318 g/mol. The highest BCUT2D eigenvalue weighted by atomic mass is 35.5. The smallest absolute Gasteiger partial charge is 0.348 e. The first-order valence-corrected chi connectivity index (χ1v) is 7.52. The number of hydrogen-bond acceptors (Lipinski definition) is 4. The predicted molar refractivity (Wildman–Crippen MR) is 86.8 cm³/mol. The third-order valence-corrected chi connectivity index (χ3v) is 4.33. The number of thiophene rings is 1. The van der Waals surface area contributed by atoms with Crippen LogP contribution in [0.4, 0.5) is 5.69 Å². The number of nitrogens with two attached hydrogens (primary N) is 1. The number of carbonyl (C=O) groups is 1. The van der Waals surface area contributed by atoms with Crippen LogP contribution in [0.15, 0.2) is 48.5 Å². The van der Waals surface area contributed by atoms with Gasteiger partial charge in [-0.15, -0.1) is 11.3 Å². The summed E-state index contributed by atoms with van der Waals surface area (Å²) < 4.78 is 6.32. The van der Waals surface area contributed by atoms with Gasteiger partial charge in [-0.2, -0.15) is 0 Å². The van der Waals surface area contributed by atoms with E-state index in [1.165, 1.54) is 11.3 Å². The van der Waals surface area contributed by atoms with Gasteiger partial charge in [-0.05, 0) is 47.3 Å². The van der Waals surface area contributed by atoms with Gasteiger partial charge in [0.25, 0.3) is 0 Å². The molecule has 0 aliphatic heterocycles. The van der Waals surface area contributed by atoms with Crippen molar-refractivity contribution in [2.45, 2.75) is 6.61 Å². The molecular weight excluding hydrogens is 306 g/mol. The largest absolute Gasteiger partial charge is 0.457 e. The van der Waals surface area contributed by atoms with Crippen LogP contribution in [-0.2, 0) is 11.3 Å². The van der Waals surface area contributed by atoms with Crippen LogP contribution in [0.2, 0.25) is 5.02 Å². The molecule has 3 nitrogen and oxygen atoms in total. The molecule has 0 amide bonds. The summed E-state index contributed by atoms with van der Waals surface area (Å²) in [7, 11) is 0. The van der Waals surface area contributed by atoms with E-state index in [2.05, 4.69) is 0 Å². The Hall–Kier alpha value is -2.04. The Bertz CT molecular complexity index is 813. The maximum absolute atomic E-state index is 12.1. The highest BCUT2D eigenvalue weighted by Crippen LogP contribution is 2.28. The van der Waals surface area contributed by atoms with Crippen LogP contribution in [0.3, 0.4) is 0 Å². The fourth-order valence-electron chi connectivity index (χ4n) is 2.01. The molecule has 106 valence electrons. The number of ether oxygens (including phenoxy) is 1. The average Bonchev–Trinajstić information content (AvgIpc) is 2.88. The topological polar surface area (TPSA) is 52.3 Å². The summed E-state index contributed by atoms with van der Waals surface area (Å²) in [4.78, 5) is 12.6. The van der Waals surface area contributed by atoms with Gasteiger partial charge in [-0.1, -0.05) is 23.7 Å². The van der Waals surface area contributed by atoms with E-state index >= 15 is 0 Å². The summed E-state index contributed by atoms with van der Waals surface area (Å²) in [5.41, 5.74) is 7.28. The van der Waals surface area contributed by atoms with Crippen molar-refractivity contribution in [2.24, 2.45) is 0 Å². The Morgan fingerprint density at radius 3 is 2.86 bits per heavy atom. The minimum absolute atomic E-state index is 0.204. The predicted octanol–water partition coefficient (Wildman–Crippen LogP) is 4.49. The zero-order valence-electron chi connectivity index (χ0n) is 11.0. The minimum atomic E-state index is -0.338. The van der Waals surface area contributed by atoms with Gasteiger partial charge in [0.15, 0.2) is 0 Å². The van der Waals surface area contributed by atoms with Crippen molar-refractivity contribution >= 4 is 44.7 Å². The Balaban J connectivity index is 1.74. The van der Waals surface area contributed by atoms with E-state index < -0.39 is 0 Å². The fraction of sp³-hybridized carbons (Fsp3) is 0.0625. The monoisotopic (exact) mass is 317 g/mol. The molecule has 0 saturated heterocycles. The van der Waals surface area contributed by atoms with E-state index in [0.29, 0.717) is 15.6 Å². The minimum Gasteiger partial charge on any atom is -0.457 e. The van der Waals surface area contributed by atoms with Crippen LogP contribution in [0.25, 0.3) is 10.1 Å². The molecule has 0 fully saturated rings. The number of anilines is 1. The van der Waals surface area contributed by atoms with Gasteiger partial charge in [0, 0.05) is 15.4 Å². The maximum atomic E-state index is 12.1. The van der Waals surface area contributed by atoms with Crippen molar-refractivity contribution in [3.63, 3.8) is 0 Å². The lowest BCUT2D eigenvalue weighted by molar-refractivity contribution is 0.0478. The Morgan fingerprint density at radius 2 is 2.05 bits per heavy atom. The van der Waals surface area contributed by atoms with E-state index in [0.717, 1.165) is 15.6 Å². The first-order valence-electron chi connectivity index (χ1n) is 6.32. The summed E-state index contributed by atoms with van der Waals surface area (Å²) >= 11 is 7.29. The molecule has 2 aromatic carbocycles. The number of fused-ring (bicyclic) bond motifs is 1. The lowest BCUT2D eigenvalue weighted by Gasteiger charge is -2.03. The molecule has 0 aliphatic carbocycles. The second kappa shape index (κ2) is 5.76. The number of esters is 1. The normalized spacial score (nSPS) is 10.7. The standard InChI is InChI=1S/C16H12ClNO2S/c17-12-3-1-2-10(6-12)9-20-16(19)15-8-11-7-13(18)4-5-14(11)21-15/h1-8H,9,18H2. The maximum Gasteiger partial charge on any atom is 0.348 e. The Kier molecular flexibility index (Phi) is 3.82. The molecule has 0 spiro atoms. The highest BCUT2D eigenvalue weighted by Gasteiger charge is 2.12. The third kappa shape index (κ3) is 3.17. The van der Waals surface area contributed by atoms with Crippen molar-refractivity contribution in [1.29, 1.82) is 0 Å². The number of carbonyl (C=O) groups excluding carboxylic acids is 1. The van der Waals surface area contributed by atoms with Crippen molar-refractivity contribution in [1.82, 2.24) is 0 Å². The number of hydrogen-bond donors (Lipinski definition) is 1. The van der Waals surface area contributed by atoms with E-state index in [1.807, 2.05) is 30.3 Å². The zero-order valence-corrected chi connectivity index (χ0v) is 12.6. The molecule has 0 saturated carbocycles. The van der Waals surface area contributed by atoms with Crippen molar-refractivity contribution in [3.8, 4) is 0 Å². The summed E-state index contributed by atoms with van der Waals surface area (Å²) in [5.74, 6) is -0.338. The number of rotatable bonds is 3. The molecule has 1 heterocycles. The lowest BCUT2D eigenvalue weighted by atomic mass is 10.2. The van der Waals surface area contributed by atoms with E-state index in [-0.39, 0.29) is 12.6 Å². The van der Waals surface area contributed by atoms with Crippen LogP contribution in [-0.4, -0.2) is 5.97 Å². The van der Waals surface area contributed by atoms with Crippen molar-refractivity contribution in [3.05, 3.63) is 64.0 Å². The first kappa shape index (κ1) is 13.9. The van der Waals surface area contributed by atoms with E-state index in [1.54, 1.807) is 18.2 Å². The van der Waals surface area contributed by atoms with Gasteiger partial charge >= 0.3 is 5.97 Å². The van der Waals surface area contributed by atoms with Gasteiger partial charge in [0.1, 0.15) is 11.5 Å². The first-order chi connectivity index (χ1) is 10.1. The molecule has 0 bridgehead atoms. The summed E-state index contributed by atoms with van der Waals surface area (Å²) in [6, 6.07) is 14.6. The van der Waals surface area contributed by atoms with Gasteiger partial charge < -0.3 is 10.5 Å². The van der Waals surface area contributed by atoms with Crippen LogP contribution in [0, 0.1) is 0 Å². The van der Waals surface area contributed by atoms with Gasteiger partial charge in [0.05, 0.1) is 0 Å². The fourth-order valence-corrected chi connectivity index (χ4v) is 3.16. The summed E-state index contributed by atoms with van der Waals surface area (Å²) in [6.07, 6.45) is 0. The van der Waals surface area contributed by atoms with E-state index in [9.17, 15) is 4.79 Å². The quantitative estimate of drug-likeness (QED) is 0.572. The van der Waals surface area contributed by atoms with Gasteiger partial charge in [0.2, 0.25) is 0 Å². The molecular formula is C16H12ClNO2S. The van der Waals surface area contributed by atoms with Crippen LogP contribution in [0.1, 0.15) is 15.2 Å².